The number of H-pyrrole nitrogens is 1. The van der Waals surface area contributed by atoms with E-state index in [9.17, 15) is 4.79 Å². The Labute approximate surface area is 159 Å². The van der Waals surface area contributed by atoms with Crippen LogP contribution in [0.25, 0.3) is 11.3 Å². The Kier molecular flexibility index (Phi) is 5.76. The van der Waals surface area contributed by atoms with Gasteiger partial charge in [-0.1, -0.05) is 32.0 Å². The van der Waals surface area contributed by atoms with Crippen LogP contribution in [0, 0.1) is 5.92 Å². The number of anilines is 2. The van der Waals surface area contributed by atoms with Gasteiger partial charge in [-0.05, 0) is 48.7 Å². The molecule has 3 rings (SSSR count). The van der Waals surface area contributed by atoms with Crippen LogP contribution >= 0.6 is 0 Å². The molecule has 0 saturated heterocycles. The average molecular weight is 364 g/mol. The van der Waals surface area contributed by atoms with E-state index in [4.69, 9.17) is 4.74 Å². The number of carbonyl (C=O) groups is 1. The quantitative estimate of drug-likeness (QED) is 0.580. The number of aromatic nitrogens is 2. The summed E-state index contributed by atoms with van der Waals surface area (Å²) in [6, 6.07) is 16.6. The molecule has 0 atom stereocenters. The summed E-state index contributed by atoms with van der Waals surface area (Å²) in [7, 11) is 1.63. The molecule has 0 aliphatic rings. The van der Waals surface area contributed by atoms with Crippen molar-refractivity contribution in [2.75, 3.05) is 17.7 Å². The largest absolute Gasteiger partial charge is 0.497 e. The molecule has 0 fully saturated rings. The third-order valence-corrected chi connectivity index (χ3v) is 4.09. The lowest BCUT2D eigenvalue weighted by atomic mass is 10.0. The highest BCUT2D eigenvalue weighted by Gasteiger charge is 2.18. The van der Waals surface area contributed by atoms with E-state index in [1.54, 1.807) is 7.11 Å². The number of ether oxygens (including phenoxy) is 1. The summed E-state index contributed by atoms with van der Waals surface area (Å²) in [6.07, 6.45) is 0.782. The van der Waals surface area contributed by atoms with Gasteiger partial charge < -0.3 is 15.4 Å². The highest BCUT2D eigenvalue weighted by atomic mass is 16.5. The van der Waals surface area contributed by atoms with Gasteiger partial charge in [0, 0.05) is 11.3 Å². The summed E-state index contributed by atoms with van der Waals surface area (Å²) < 4.78 is 5.22. The fourth-order valence-corrected chi connectivity index (χ4v) is 2.82. The van der Waals surface area contributed by atoms with Crippen LogP contribution in [-0.2, 0) is 6.42 Å². The average Bonchev–Trinajstić information content (AvgIpc) is 3.04. The Morgan fingerprint density at radius 1 is 1.07 bits per heavy atom. The normalized spacial score (nSPS) is 10.7. The fourth-order valence-electron chi connectivity index (χ4n) is 2.82. The lowest BCUT2D eigenvalue weighted by Gasteiger charge is -2.11. The first-order chi connectivity index (χ1) is 13.1. The maximum absolute atomic E-state index is 12.5. The van der Waals surface area contributed by atoms with Crippen molar-refractivity contribution in [2.24, 2.45) is 5.92 Å². The van der Waals surface area contributed by atoms with Crippen molar-refractivity contribution in [2.45, 2.75) is 20.3 Å². The highest BCUT2D eigenvalue weighted by Crippen LogP contribution is 2.31. The molecule has 0 radical (unpaired) electrons. The Bertz CT molecular complexity index is 886. The smallest absolute Gasteiger partial charge is 0.323 e. The van der Waals surface area contributed by atoms with Crippen LogP contribution < -0.4 is 15.4 Å². The van der Waals surface area contributed by atoms with E-state index < -0.39 is 0 Å². The number of methoxy groups -OCH3 is 1. The number of aromatic amines is 1. The molecule has 0 aliphatic carbocycles. The zero-order chi connectivity index (χ0) is 19.2. The molecule has 27 heavy (non-hydrogen) atoms. The fraction of sp³-hybridized carbons (Fsp3) is 0.238. The van der Waals surface area contributed by atoms with Crippen molar-refractivity contribution >= 4 is 17.4 Å². The molecule has 1 aromatic heterocycles. The van der Waals surface area contributed by atoms with Crippen LogP contribution in [0.5, 0.6) is 5.75 Å². The molecule has 0 aliphatic heterocycles. The summed E-state index contributed by atoms with van der Waals surface area (Å²) in [5.74, 6) is 1.19. The molecular formula is C21H24N4O2. The monoisotopic (exact) mass is 364 g/mol. The van der Waals surface area contributed by atoms with Crippen LogP contribution in [0.4, 0.5) is 16.2 Å². The number of para-hydroxylation sites is 1. The molecule has 1 heterocycles. The van der Waals surface area contributed by atoms with E-state index >= 15 is 0 Å². The molecule has 6 nitrogen and oxygen atoms in total. The van der Waals surface area contributed by atoms with Gasteiger partial charge in [-0.25, -0.2) is 4.79 Å². The minimum atomic E-state index is -0.303. The number of hydrogen-bond donors (Lipinski definition) is 3. The second kappa shape index (κ2) is 8.40. The maximum atomic E-state index is 12.5. The minimum absolute atomic E-state index is 0.303. The summed E-state index contributed by atoms with van der Waals surface area (Å²) in [5.41, 5.74) is 3.94. The van der Waals surface area contributed by atoms with Gasteiger partial charge in [-0.2, -0.15) is 5.10 Å². The SMILES string of the molecule is COc1ccc(-c2n[nH]c(CC(C)C)c2NC(=O)Nc2ccccc2)cc1. The number of amides is 2. The van der Waals surface area contributed by atoms with E-state index in [1.165, 1.54) is 0 Å². The second-order valence-corrected chi connectivity index (χ2v) is 6.70. The minimum Gasteiger partial charge on any atom is -0.497 e. The number of rotatable bonds is 6. The lowest BCUT2D eigenvalue weighted by molar-refractivity contribution is 0.262. The van der Waals surface area contributed by atoms with Crippen LogP contribution in [0.3, 0.4) is 0 Å². The van der Waals surface area contributed by atoms with E-state index in [2.05, 4.69) is 34.7 Å². The second-order valence-electron chi connectivity index (χ2n) is 6.70. The van der Waals surface area contributed by atoms with Gasteiger partial charge in [0.05, 0.1) is 18.5 Å². The van der Waals surface area contributed by atoms with Gasteiger partial charge >= 0.3 is 6.03 Å². The Morgan fingerprint density at radius 3 is 2.41 bits per heavy atom. The highest BCUT2D eigenvalue weighted by molar-refractivity contribution is 6.02. The molecule has 0 unspecified atom stereocenters. The Morgan fingerprint density at radius 2 is 1.78 bits per heavy atom. The van der Waals surface area contributed by atoms with Crippen LogP contribution in [0.1, 0.15) is 19.5 Å². The van der Waals surface area contributed by atoms with Crippen molar-refractivity contribution in [1.82, 2.24) is 10.2 Å². The predicted molar refractivity (Wildman–Crippen MR) is 108 cm³/mol. The van der Waals surface area contributed by atoms with Gasteiger partial charge in [0.2, 0.25) is 0 Å². The summed E-state index contributed by atoms with van der Waals surface area (Å²) in [5, 5.41) is 13.3. The van der Waals surface area contributed by atoms with Crippen LogP contribution in [-0.4, -0.2) is 23.3 Å². The number of nitrogens with one attached hydrogen (secondary N) is 3. The summed E-state index contributed by atoms with van der Waals surface area (Å²) >= 11 is 0. The molecule has 3 N–H and O–H groups in total. The zero-order valence-electron chi connectivity index (χ0n) is 15.7. The third-order valence-electron chi connectivity index (χ3n) is 4.09. The van der Waals surface area contributed by atoms with E-state index in [1.807, 2.05) is 54.6 Å². The molecule has 140 valence electrons. The van der Waals surface area contributed by atoms with Gasteiger partial charge in [0.15, 0.2) is 0 Å². The first-order valence-corrected chi connectivity index (χ1v) is 8.91. The summed E-state index contributed by atoms with van der Waals surface area (Å²) in [4.78, 5) is 12.5. The van der Waals surface area contributed by atoms with Crippen molar-refractivity contribution < 1.29 is 9.53 Å². The van der Waals surface area contributed by atoms with Gasteiger partial charge in [0.25, 0.3) is 0 Å². The molecule has 0 spiro atoms. The number of benzene rings is 2. The standard InChI is InChI=1S/C21H24N4O2/c1-14(2)13-18-20(23-21(26)22-16-7-5-4-6-8-16)19(25-24-18)15-9-11-17(27-3)12-10-15/h4-12,14H,13H2,1-3H3,(H,24,25)(H2,22,23,26). The Balaban J connectivity index is 1.88. The third kappa shape index (κ3) is 4.67. The van der Waals surface area contributed by atoms with E-state index in [0.29, 0.717) is 17.3 Å². The van der Waals surface area contributed by atoms with Crippen molar-refractivity contribution in [3.8, 4) is 17.0 Å². The van der Waals surface area contributed by atoms with Gasteiger partial charge in [-0.3, -0.25) is 5.10 Å². The van der Waals surface area contributed by atoms with E-state index in [0.717, 1.165) is 29.1 Å². The number of hydrogen-bond acceptors (Lipinski definition) is 3. The molecule has 6 heteroatoms. The van der Waals surface area contributed by atoms with Crippen molar-refractivity contribution in [1.29, 1.82) is 0 Å². The molecule has 0 saturated carbocycles. The van der Waals surface area contributed by atoms with Crippen LogP contribution in [0.15, 0.2) is 54.6 Å². The van der Waals surface area contributed by atoms with Gasteiger partial charge in [-0.15, -0.1) is 0 Å². The topological polar surface area (TPSA) is 79.0 Å². The Hall–Kier alpha value is -3.28. The molecular weight excluding hydrogens is 340 g/mol. The molecule has 2 amide bonds. The van der Waals surface area contributed by atoms with E-state index in [-0.39, 0.29) is 6.03 Å². The zero-order valence-corrected chi connectivity index (χ0v) is 15.7. The van der Waals surface area contributed by atoms with Crippen molar-refractivity contribution in [3.05, 3.63) is 60.3 Å². The first kappa shape index (κ1) is 18.5. The van der Waals surface area contributed by atoms with Crippen LogP contribution in [0.2, 0.25) is 0 Å². The molecule has 0 bridgehead atoms. The molecule has 2 aromatic carbocycles. The lowest BCUT2D eigenvalue weighted by Crippen LogP contribution is -2.20. The first-order valence-electron chi connectivity index (χ1n) is 8.91. The number of urea groups is 1. The number of carbonyl (C=O) groups excluding carboxylic acids is 1. The maximum Gasteiger partial charge on any atom is 0.323 e. The van der Waals surface area contributed by atoms with Crippen molar-refractivity contribution in [3.63, 3.8) is 0 Å². The van der Waals surface area contributed by atoms with Gasteiger partial charge in [0.1, 0.15) is 11.4 Å². The summed E-state index contributed by atoms with van der Waals surface area (Å²) in [6.45, 7) is 4.25. The predicted octanol–water partition coefficient (Wildman–Crippen LogP) is 4.93. The number of nitrogens with zero attached hydrogens (tertiary/aromatic N) is 1. The molecule has 3 aromatic rings.